The molecular weight excluding hydrogens is 284 g/mol. The molecule has 0 amide bonds. The predicted molar refractivity (Wildman–Crippen MR) is 68.2 cm³/mol. The number of aromatic nitrogens is 2. The number of rotatable bonds is 3. The Kier molecular flexibility index (Phi) is 3.68. The smallest absolute Gasteiger partial charge is 0.210 e. The van der Waals surface area contributed by atoms with Crippen molar-refractivity contribution in [1.29, 1.82) is 0 Å². The highest BCUT2D eigenvalue weighted by Gasteiger charge is 2.34. The van der Waals surface area contributed by atoms with Gasteiger partial charge < -0.3 is 4.74 Å². The number of ether oxygens (including phenoxy) is 1. The van der Waals surface area contributed by atoms with Gasteiger partial charge in [0, 0.05) is 12.6 Å². The second-order valence-electron chi connectivity index (χ2n) is 4.80. The number of hydrogen-bond acceptors (Lipinski definition) is 3. The number of ketones is 1. The van der Waals surface area contributed by atoms with Crippen molar-refractivity contribution in [2.75, 3.05) is 6.61 Å². The third kappa shape index (κ3) is 2.31. The lowest BCUT2D eigenvalue weighted by Crippen LogP contribution is -2.28. The summed E-state index contributed by atoms with van der Waals surface area (Å²) in [7, 11) is 0. The number of halogens is 1. The van der Waals surface area contributed by atoms with Crippen LogP contribution < -0.4 is 0 Å². The minimum atomic E-state index is -0.319. The lowest BCUT2D eigenvalue weighted by atomic mass is 9.99. The monoisotopic (exact) mass is 300 g/mol. The molecule has 0 saturated carbocycles. The normalized spacial score (nSPS) is 24.5. The molecule has 1 aromatic heterocycles. The summed E-state index contributed by atoms with van der Waals surface area (Å²) < 4.78 is 8.03. The number of carbonyl (C=O) groups is 1. The van der Waals surface area contributed by atoms with Crippen LogP contribution in [0.2, 0.25) is 0 Å². The van der Waals surface area contributed by atoms with Crippen LogP contribution in [0.25, 0.3) is 0 Å². The van der Waals surface area contributed by atoms with E-state index in [0.29, 0.717) is 12.3 Å². The molecule has 0 spiro atoms. The van der Waals surface area contributed by atoms with Gasteiger partial charge in [0.1, 0.15) is 11.8 Å². The van der Waals surface area contributed by atoms with E-state index in [1.54, 1.807) is 10.9 Å². The van der Waals surface area contributed by atoms with E-state index in [1.165, 1.54) is 0 Å². The summed E-state index contributed by atoms with van der Waals surface area (Å²) >= 11 is 3.39. The molecule has 0 aliphatic carbocycles. The molecular formula is C12H17BrN2O2. The van der Waals surface area contributed by atoms with E-state index in [4.69, 9.17) is 4.74 Å². The molecule has 2 unspecified atom stereocenters. The zero-order chi connectivity index (χ0) is 12.6. The maximum atomic E-state index is 12.4. The average molecular weight is 301 g/mol. The first-order chi connectivity index (χ1) is 8.02. The van der Waals surface area contributed by atoms with Crippen LogP contribution in [0.4, 0.5) is 0 Å². The number of carbonyl (C=O) groups excluding carboxylic acids is 1. The van der Waals surface area contributed by atoms with Gasteiger partial charge in [0.25, 0.3) is 0 Å². The van der Waals surface area contributed by atoms with Crippen LogP contribution in [0, 0.1) is 5.92 Å². The van der Waals surface area contributed by atoms with Crippen molar-refractivity contribution >= 4 is 21.7 Å². The maximum Gasteiger partial charge on any atom is 0.210 e. The first-order valence-corrected chi connectivity index (χ1v) is 6.70. The Morgan fingerprint density at radius 1 is 1.65 bits per heavy atom. The molecule has 0 aromatic carbocycles. The first kappa shape index (κ1) is 12.8. The Labute approximate surface area is 109 Å². The SMILES string of the molecule is CC1CCOC1C(=O)c1c(Br)cnn1C(C)C. The number of hydrogen-bond donors (Lipinski definition) is 0. The fourth-order valence-electron chi connectivity index (χ4n) is 2.13. The van der Waals surface area contributed by atoms with E-state index in [0.717, 1.165) is 10.9 Å². The van der Waals surface area contributed by atoms with Gasteiger partial charge in [0.2, 0.25) is 5.78 Å². The molecule has 1 fully saturated rings. The summed E-state index contributed by atoms with van der Waals surface area (Å²) in [5.41, 5.74) is 0.624. The van der Waals surface area contributed by atoms with Gasteiger partial charge in [0.05, 0.1) is 10.7 Å². The maximum absolute atomic E-state index is 12.4. The summed E-state index contributed by atoms with van der Waals surface area (Å²) in [5.74, 6) is 0.318. The molecule has 1 aromatic rings. The molecule has 1 aliphatic rings. The van der Waals surface area contributed by atoms with Gasteiger partial charge in [-0.2, -0.15) is 5.10 Å². The van der Waals surface area contributed by atoms with Crippen molar-refractivity contribution in [3.8, 4) is 0 Å². The van der Waals surface area contributed by atoms with Gasteiger partial charge in [-0.15, -0.1) is 0 Å². The second kappa shape index (κ2) is 4.90. The molecule has 94 valence electrons. The Hall–Kier alpha value is -0.680. The van der Waals surface area contributed by atoms with E-state index in [2.05, 4.69) is 28.0 Å². The van der Waals surface area contributed by atoms with Crippen LogP contribution in [-0.2, 0) is 4.74 Å². The van der Waals surface area contributed by atoms with E-state index >= 15 is 0 Å². The van der Waals surface area contributed by atoms with Crippen LogP contribution in [0.1, 0.15) is 43.7 Å². The van der Waals surface area contributed by atoms with Crippen LogP contribution in [0.15, 0.2) is 10.7 Å². The number of Topliss-reactive ketones (excluding diaryl/α,β-unsaturated/α-hetero) is 1. The zero-order valence-electron chi connectivity index (χ0n) is 10.3. The minimum Gasteiger partial charge on any atom is -0.370 e. The molecule has 2 atom stereocenters. The lowest BCUT2D eigenvalue weighted by molar-refractivity contribution is 0.0566. The molecule has 2 rings (SSSR count). The van der Waals surface area contributed by atoms with E-state index in [9.17, 15) is 4.79 Å². The molecule has 0 radical (unpaired) electrons. The highest BCUT2D eigenvalue weighted by atomic mass is 79.9. The fourth-order valence-corrected chi connectivity index (χ4v) is 2.60. The Morgan fingerprint density at radius 3 is 2.88 bits per heavy atom. The zero-order valence-corrected chi connectivity index (χ0v) is 11.9. The van der Waals surface area contributed by atoms with Gasteiger partial charge in [-0.05, 0) is 42.1 Å². The summed E-state index contributed by atoms with van der Waals surface area (Å²) in [6.07, 6.45) is 2.30. The van der Waals surface area contributed by atoms with Gasteiger partial charge in [-0.1, -0.05) is 6.92 Å². The van der Waals surface area contributed by atoms with E-state index in [-0.39, 0.29) is 23.8 Å². The topological polar surface area (TPSA) is 44.1 Å². The quantitative estimate of drug-likeness (QED) is 0.806. The largest absolute Gasteiger partial charge is 0.370 e. The Balaban J connectivity index is 2.33. The van der Waals surface area contributed by atoms with E-state index in [1.807, 2.05) is 13.8 Å². The molecule has 1 aliphatic heterocycles. The molecule has 17 heavy (non-hydrogen) atoms. The standard InChI is InChI=1S/C12H17BrN2O2/c1-7(2)15-10(9(13)6-14-15)11(16)12-8(3)4-5-17-12/h6-8,12H,4-5H2,1-3H3. The highest BCUT2D eigenvalue weighted by Crippen LogP contribution is 2.28. The summed E-state index contributed by atoms with van der Waals surface area (Å²) in [4.78, 5) is 12.4. The van der Waals surface area contributed by atoms with Gasteiger partial charge in [-0.3, -0.25) is 9.48 Å². The molecule has 5 heteroatoms. The molecule has 4 nitrogen and oxygen atoms in total. The van der Waals surface area contributed by atoms with Crippen molar-refractivity contribution in [3.63, 3.8) is 0 Å². The molecule has 1 saturated heterocycles. The first-order valence-electron chi connectivity index (χ1n) is 5.91. The van der Waals surface area contributed by atoms with Crippen LogP contribution in [0.5, 0.6) is 0 Å². The predicted octanol–water partition coefficient (Wildman–Crippen LogP) is 2.83. The van der Waals surface area contributed by atoms with Crippen molar-refractivity contribution in [2.24, 2.45) is 5.92 Å². The summed E-state index contributed by atoms with van der Waals surface area (Å²) in [5, 5.41) is 4.23. The van der Waals surface area contributed by atoms with Crippen LogP contribution in [-0.4, -0.2) is 28.3 Å². The Bertz CT molecular complexity index is 428. The third-order valence-corrected chi connectivity index (χ3v) is 3.70. The van der Waals surface area contributed by atoms with Crippen molar-refractivity contribution in [3.05, 3.63) is 16.4 Å². The second-order valence-corrected chi connectivity index (χ2v) is 5.66. The van der Waals surface area contributed by atoms with Gasteiger partial charge >= 0.3 is 0 Å². The van der Waals surface area contributed by atoms with Crippen LogP contribution >= 0.6 is 15.9 Å². The van der Waals surface area contributed by atoms with Gasteiger partial charge in [-0.25, -0.2) is 0 Å². The lowest BCUT2D eigenvalue weighted by Gasteiger charge is -2.16. The Morgan fingerprint density at radius 2 is 2.35 bits per heavy atom. The van der Waals surface area contributed by atoms with Crippen molar-refractivity contribution < 1.29 is 9.53 Å². The number of nitrogens with zero attached hydrogens (tertiary/aromatic N) is 2. The molecule has 0 bridgehead atoms. The van der Waals surface area contributed by atoms with Crippen LogP contribution in [0.3, 0.4) is 0 Å². The summed E-state index contributed by atoms with van der Waals surface area (Å²) in [6.45, 7) is 6.74. The fraction of sp³-hybridized carbons (Fsp3) is 0.667. The van der Waals surface area contributed by atoms with Gasteiger partial charge in [0.15, 0.2) is 0 Å². The van der Waals surface area contributed by atoms with Crippen molar-refractivity contribution in [2.45, 2.75) is 39.3 Å². The highest BCUT2D eigenvalue weighted by molar-refractivity contribution is 9.10. The minimum absolute atomic E-state index is 0.0353. The van der Waals surface area contributed by atoms with Crippen molar-refractivity contribution in [1.82, 2.24) is 9.78 Å². The molecule has 2 heterocycles. The third-order valence-electron chi connectivity index (χ3n) is 3.12. The van der Waals surface area contributed by atoms with E-state index < -0.39 is 0 Å². The average Bonchev–Trinajstić information content (AvgIpc) is 2.83. The molecule has 0 N–H and O–H groups in total. The summed E-state index contributed by atoms with van der Waals surface area (Å²) in [6, 6.07) is 0.164.